The first-order valence-corrected chi connectivity index (χ1v) is 8.58. The minimum absolute atomic E-state index is 0.0114. The Kier molecular flexibility index (Phi) is 6.12. The number of aromatic nitrogens is 1. The number of ketones is 1. The van der Waals surface area contributed by atoms with Crippen molar-refractivity contribution < 1.29 is 14.1 Å². The van der Waals surface area contributed by atoms with Crippen LogP contribution >= 0.6 is 0 Å². The molecule has 0 saturated heterocycles. The molecule has 5 heteroatoms. The highest BCUT2D eigenvalue weighted by molar-refractivity contribution is 5.98. The summed E-state index contributed by atoms with van der Waals surface area (Å²) in [6.45, 7) is 8.71. The molecule has 2 aromatic rings. The highest BCUT2D eigenvalue weighted by Crippen LogP contribution is 2.22. The van der Waals surface area contributed by atoms with Crippen LogP contribution in [-0.4, -0.2) is 23.4 Å². The molecule has 134 valence electrons. The summed E-state index contributed by atoms with van der Waals surface area (Å²) in [5.74, 6) is 0.618. The topological polar surface area (TPSA) is 72.2 Å². The van der Waals surface area contributed by atoms with Crippen LogP contribution in [-0.2, 0) is 16.6 Å². The molecule has 0 aliphatic carbocycles. The van der Waals surface area contributed by atoms with E-state index in [0.29, 0.717) is 18.5 Å². The van der Waals surface area contributed by atoms with Crippen LogP contribution in [0.1, 0.15) is 61.0 Å². The maximum absolute atomic E-state index is 12.2. The molecule has 1 amide bonds. The van der Waals surface area contributed by atoms with E-state index in [9.17, 15) is 9.59 Å². The fraction of sp³-hybridized carbons (Fsp3) is 0.450. The average molecular weight is 342 g/mol. The number of Topliss-reactive ketones (excluding diaryl/α,β-unsaturated/α-hetero) is 1. The molecule has 0 unspecified atom stereocenters. The number of carbonyl (C=O) groups is 2. The van der Waals surface area contributed by atoms with E-state index < -0.39 is 0 Å². The van der Waals surface area contributed by atoms with Crippen molar-refractivity contribution in [3.8, 4) is 0 Å². The summed E-state index contributed by atoms with van der Waals surface area (Å²) in [6.07, 6.45) is 1.02. The van der Waals surface area contributed by atoms with Gasteiger partial charge in [0.05, 0.1) is 5.69 Å². The smallest absolute Gasteiger partial charge is 0.220 e. The lowest BCUT2D eigenvalue weighted by molar-refractivity contribution is -0.121. The quantitative estimate of drug-likeness (QED) is 0.780. The third kappa shape index (κ3) is 5.85. The second kappa shape index (κ2) is 8.10. The molecule has 0 bridgehead atoms. The van der Waals surface area contributed by atoms with Crippen LogP contribution in [0.3, 0.4) is 0 Å². The van der Waals surface area contributed by atoms with Gasteiger partial charge in [-0.3, -0.25) is 9.59 Å². The first kappa shape index (κ1) is 18.9. The van der Waals surface area contributed by atoms with Crippen LogP contribution in [0.4, 0.5) is 0 Å². The highest BCUT2D eigenvalue weighted by Gasteiger charge is 2.15. The summed E-state index contributed by atoms with van der Waals surface area (Å²) < 4.78 is 4.97. The Bertz CT molecular complexity index is 724. The fourth-order valence-electron chi connectivity index (χ4n) is 2.48. The second-order valence-corrected chi connectivity index (χ2v) is 7.28. The van der Waals surface area contributed by atoms with Crippen molar-refractivity contribution >= 4 is 11.7 Å². The summed E-state index contributed by atoms with van der Waals surface area (Å²) in [7, 11) is 0. The molecule has 1 aromatic carbocycles. The van der Waals surface area contributed by atoms with Crippen LogP contribution in [0.5, 0.6) is 0 Å². The molecule has 2 rings (SSSR count). The SMILES string of the molecule is Cc1cc(CCNC(=O)CCC(=O)c2ccc(C(C)(C)C)cc2)no1. The molecule has 25 heavy (non-hydrogen) atoms. The van der Waals surface area contributed by atoms with Crippen molar-refractivity contribution in [3.05, 3.63) is 52.9 Å². The molecule has 1 heterocycles. The first-order chi connectivity index (χ1) is 11.8. The summed E-state index contributed by atoms with van der Waals surface area (Å²) in [5, 5.41) is 6.67. The van der Waals surface area contributed by atoms with Crippen LogP contribution in [0, 0.1) is 6.92 Å². The Morgan fingerprint density at radius 3 is 2.36 bits per heavy atom. The van der Waals surface area contributed by atoms with E-state index in [2.05, 4.69) is 31.2 Å². The third-order valence-electron chi connectivity index (χ3n) is 4.03. The molecule has 1 N–H and O–H groups in total. The van der Waals surface area contributed by atoms with E-state index in [0.717, 1.165) is 11.5 Å². The van der Waals surface area contributed by atoms with Gasteiger partial charge in [0.2, 0.25) is 5.91 Å². The van der Waals surface area contributed by atoms with Crippen LogP contribution in [0.2, 0.25) is 0 Å². The zero-order valence-electron chi connectivity index (χ0n) is 15.4. The number of benzene rings is 1. The summed E-state index contributed by atoms with van der Waals surface area (Å²) in [6, 6.07) is 9.48. The van der Waals surface area contributed by atoms with Crippen molar-refractivity contribution in [2.24, 2.45) is 0 Å². The Balaban J connectivity index is 1.74. The van der Waals surface area contributed by atoms with Crippen molar-refractivity contribution in [2.45, 2.75) is 52.4 Å². The van der Waals surface area contributed by atoms with E-state index in [-0.39, 0.29) is 29.9 Å². The Labute approximate surface area is 148 Å². The average Bonchev–Trinajstić information content (AvgIpc) is 2.97. The lowest BCUT2D eigenvalue weighted by Crippen LogP contribution is -2.26. The Morgan fingerprint density at radius 2 is 1.80 bits per heavy atom. The van der Waals surface area contributed by atoms with Gasteiger partial charge in [0.15, 0.2) is 5.78 Å². The van der Waals surface area contributed by atoms with Crippen LogP contribution < -0.4 is 5.32 Å². The minimum atomic E-state index is -0.125. The fourth-order valence-corrected chi connectivity index (χ4v) is 2.48. The maximum atomic E-state index is 12.2. The number of carbonyl (C=O) groups excluding carboxylic acids is 2. The van der Waals surface area contributed by atoms with Gasteiger partial charge in [0.25, 0.3) is 0 Å². The number of amides is 1. The first-order valence-electron chi connectivity index (χ1n) is 8.58. The van der Waals surface area contributed by atoms with E-state index in [1.165, 1.54) is 5.56 Å². The summed E-state index contributed by atoms with van der Waals surface area (Å²) >= 11 is 0. The molecule has 0 fully saturated rings. The number of hydrogen-bond acceptors (Lipinski definition) is 4. The van der Waals surface area contributed by atoms with Gasteiger partial charge in [0, 0.05) is 37.4 Å². The molecular weight excluding hydrogens is 316 g/mol. The molecule has 0 aliphatic heterocycles. The van der Waals surface area contributed by atoms with Gasteiger partial charge in [-0.15, -0.1) is 0 Å². The molecule has 5 nitrogen and oxygen atoms in total. The standard InChI is InChI=1S/C20H26N2O3/c1-14-13-17(22-25-14)11-12-21-19(24)10-9-18(23)15-5-7-16(8-6-15)20(2,3)4/h5-8,13H,9-12H2,1-4H3,(H,21,24). The van der Waals surface area contributed by atoms with Gasteiger partial charge in [-0.2, -0.15) is 0 Å². The molecule has 0 aliphatic rings. The van der Waals surface area contributed by atoms with Gasteiger partial charge >= 0.3 is 0 Å². The number of hydrogen-bond donors (Lipinski definition) is 1. The largest absolute Gasteiger partial charge is 0.361 e. The van der Waals surface area contributed by atoms with Gasteiger partial charge in [0.1, 0.15) is 5.76 Å². The maximum Gasteiger partial charge on any atom is 0.220 e. The van der Waals surface area contributed by atoms with Crippen molar-refractivity contribution in [1.82, 2.24) is 10.5 Å². The number of nitrogens with zero attached hydrogens (tertiary/aromatic N) is 1. The monoisotopic (exact) mass is 342 g/mol. The van der Waals surface area contributed by atoms with Gasteiger partial charge < -0.3 is 9.84 Å². The zero-order chi connectivity index (χ0) is 18.4. The number of aryl methyl sites for hydroxylation is 1. The second-order valence-electron chi connectivity index (χ2n) is 7.28. The van der Waals surface area contributed by atoms with Crippen molar-refractivity contribution in [3.63, 3.8) is 0 Å². The zero-order valence-corrected chi connectivity index (χ0v) is 15.4. The molecule has 0 atom stereocenters. The molecule has 0 radical (unpaired) electrons. The van der Waals surface area contributed by atoms with Crippen LogP contribution in [0.25, 0.3) is 0 Å². The number of nitrogens with one attached hydrogen (secondary N) is 1. The van der Waals surface area contributed by atoms with E-state index in [4.69, 9.17) is 4.52 Å². The lowest BCUT2D eigenvalue weighted by Gasteiger charge is -2.18. The normalized spacial score (nSPS) is 11.4. The third-order valence-corrected chi connectivity index (χ3v) is 4.03. The van der Waals surface area contributed by atoms with E-state index in [1.54, 1.807) is 0 Å². The Hall–Kier alpha value is -2.43. The minimum Gasteiger partial charge on any atom is -0.361 e. The van der Waals surface area contributed by atoms with Gasteiger partial charge in [-0.25, -0.2) is 0 Å². The molecule has 0 spiro atoms. The number of rotatable bonds is 7. The Morgan fingerprint density at radius 1 is 1.12 bits per heavy atom. The van der Waals surface area contributed by atoms with E-state index in [1.807, 2.05) is 37.3 Å². The molecular formula is C20H26N2O3. The predicted molar refractivity (Wildman–Crippen MR) is 96.7 cm³/mol. The van der Waals surface area contributed by atoms with Crippen LogP contribution in [0.15, 0.2) is 34.9 Å². The predicted octanol–water partition coefficient (Wildman–Crippen LogP) is 3.60. The van der Waals surface area contributed by atoms with Gasteiger partial charge in [-0.05, 0) is 17.9 Å². The molecule has 0 saturated carbocycles. The summed E-state index contributed by atoms with van der Waals surface area (Å²) in [5.41, 5.74) is 2.71. The molecule has 1 aromatic heterocycles. The van der Waals surface area contributed by atoms with E-state index >= 15 is 0 Å². The summed E-state index contributed by atoms with van der Waals surface area (Å²) in [4.78, 5) is 24.1. The van der Waals surface area contributed by atoms with Gasteiger partial charge in [-0.1, -0.05) is 50.2 Å². The highest BCUT2D eigenvalue weighted by atomic mass is 16.5. The lowest BCUT2D eigenvalue weighted by atomic mass is 9.86. The van der Waals surface area contributed by atoms with Crippen molar-refractivity contribution in [2.75, 3.05) is 6.54 Å². The van der Waals surface area contributed by atoms with Crippen molar-refractivity contribution in [1.29, 1.82) is 0 Å².